The van der Waals surface area contributed by atoms with Crippen molar-refractivity contribution in [3.8, 4) is 5.75 Å². The van der Waals surface area contributed by atoms with E-state index in [1.54, 1.807) is 18.9 Å². The molecule has 0 bridgehead atoms. The van der Waals surface area contributed by atoms with E-state index >= 15 is 0 Å². The molecule has 0 aromatic heterocycles. The second-order valence-electron chi connectivity index (χ2n) is 5.14. The highest BCUT2D eigenvalue weighted by atomic mass is 32.2. The molecule has 0 amide bonds. The van der Waals surface area contributed by atoms with E-state index in [-0.39, 0.29) is 11.2 Å². The van der Waals surface area contributed by atoms with Crippen molar-refractivity contribution in [1.29, 1.82) is 0 Å². The van der Waals surface area contributed by atoms with Gasteiger partial charge in [0.25, 0.3) is 0 Å². The summed E-state index contributed by atoms with van der Waals surface area (Å²) in [6, 6.07) is 18.2. The Bertz CT molecular complexity index is 668. The van der Waals surface area contributed by atoms with Gasteiger partial charge in [0.05, 0.1) is 12.4 Å². The van der Waals surface area contributed by atoms with E-state index in [1.165, 1.54) is 6.92 Å². The Morgan fingerprint density at radius 2 is 1.83 bits per heavy atom. The number of methoxy groups -OCH3 is 1. The van der Waals surface area contributed by atoms with Crippen molar-refractivity contribution in [2.24, 2.45) is 0 Å². The summed E-state index contributed by atoms with van der Waals surface area (Å²) >= 11 is 1.72. The molecule has 24 heavy (non-hydrogen) atoms. The Labute approximate surface area is 147 Å². The van der Waals surface area contributed by atoms with Crippen LogP contribution in [0.25, 0.3) is 6.08 Å². The van der Waals surface area contributed by atoms with Crippen LogP contribution in [-0.2, 0) is 9.53 Å². The monoisotopic (exact) mass is 342 g/mol. The van der Waals surface area contributed by atoms with Gasteiger partial charge >= 0.3 is 5.97 Å². The normalized spacial score (nSPS) is 12.1. The molecule has 0 saturated heterocycles. The predicted octanol–water partition coefficient (Wildman–Crippen LogP) is 4.75. The zero-order chi connectivity index (χ0) is 17.2. The maximum Gasteiger partial charge on any atom is 0.302 e. The minimum absolute atomic E-state index is 0.122. The summed E-state index contributed by atoms with van der Waals surface area (Å²) in [4.78, 5) is 10.9. The van der Waals surface area contributed by atoms with Gasteiger partial charge in [-0.3, -0.25) is 4.79 Å². The van der Waals surface area contributed by atoms with Crippen molar-refractivity contribution in [3.63, 3.8) is 0 Å². The van der Waals surface area contributed by atoms with Crippen molar-refractivity contribution >= 4 is 23.8 Å². The van der Waals surface area contributed by atoms with Crippen LogP contribution in [0.3, 0.4) is 0 Å². The lowest BCUT2D eigenvalue weighted by molar-refractivity contribution is -0.140. The predicted molar refractivity (Wildman–Crippen MR) is 100 cm³/mol. The number of para-hydroxylation sites is 1. The number of hydrogen-bond donors (Lipinski definition) is 0. The fraction of sp³-hybridized carbons (Fsp3) is 0.250. The molecule has 2 rings (SSSR count). The quantitative estimate of drug-likeness (QED) is 0.512. The lowest BCUT2D eigenvalue weighted by Crippen LogP contribution is -2.04. The van der Waals surface area contributed by atoms with E-state index in [0.29, 0.717) is 6.61 Å². The first-order chi connectivity index (χ1) is 11.7. The number of ether oxygens (including phenoxy) is 2. The van der Waals surface area contributed by atoms with Crippen molar-refractivity contribution in [2.75, 3.05) is 19.5 Å². The van der Waals surface area contributed by atoms with Gasteiger partial charge in [0.1, 0.15) is 12.4 Å². The standard InChI is InChI=1S/C20H22O3S/c1-16(21)23-14-15-24-20(13-12-17-8-4-3-5-9-17)18-10-6-7-11-19(18)22-2/h3-13,20H,14-15H2,1-2H3/b13-12+. The van der Waals surface area contributed by atoms with E-state index < -0.39 is 0 Å². The van der Waals surface area contributed by atoms with Gasteiger partial charge in [0.2, 0.25) is 0 Å². The molecule has 2 aromatic rings. The molecule has 126 valence electrons. The van der Waals surface area contributed by atoms with Gasteiger partial charge in [-0.15, -0.1) is 11.8 Å². The number of rotatable bonds is 8. The smallest absolute Gasteiger partial charge is 0.302 e. The molecule has 0 aliphatic rings. The van der Waals surface area contributed by atoms with Crippen LogP contribution in [0.5, 0.6) is 5.75 Å². The van der Waals surface area contributed by atoms with Crippen molar-refractivity contribution < 1.29 is 14.3 Å². The molecule has 0 spiro atoms. The molecule has 3 nitrogen and oxygen atoms in total. The molecular formula is C20H22O3S. The zero-order valence-electron chi connectivity index (χ0n) is 14.0. The van der Waals surface area contributed by atoms with E-state index in [0.717, 1.165) is 22.6 Å². The summed E-state index contributed by atoms with van der Waals surface area (Å²) in [5.74, 6) is 1.34. The van der Waals surface area contributed by atoms with Crippen LogP contribution < -0.4 is 4.74 Å². The maximum absolute atomic E-state index is 10.9. The van der Waals surface area contributed by atoms with Crippen LogP contribution >= 0.6 is 11.8 Å². The summed E-state index contributed by atoms with van der Waals surface area (Å²) in [5, 5.41) is 0.122. The first-order valence-electron chi connectivity index (χ1n) is 7.82. The molecule has 0 aliphatic carbocycles. The Balaban J connectivity index is 2.14. The lowest BCUT2D eigenvalue weighted by atomic mass is 10.1. The second-order valence-corrected chi connectivity index (χ2v) is 6.39. The SMILES string of the molecule is COc1ccccc1C(/C=C/c1ccccc1)SCCOC(C)=O. The summed E-state index contributed by atoms with van der Waals surface area (Å²) in [6.45, 7) is 1.84. The second kappa shape index (κ2) is 9.83. The molecule has 0 aliphatic heterocycles. The third-order valence-corrected chi connectivity index (χ3v) is 4.57. The number of hydrogen-bond acceptors (Lipinski definition) is 4. The Morgan fingerprint density at radius 1 is 1.12 bits per heavy atom. The fourth-order valence-electron chi connectivity index (χ4n) is 2.27. The number of thioether (sulfide) groups is 1. The summed E-state index contributed by atoms with van der Waals surface area (Å²) in [5.41, 5.74) is 2.26. The number of esters is 1. The minimum Gasteiger partial charge on any atom is -0.496 e. The molecule has 1 atom stereocenters. The van der Waals surface area contributed by atoms with Crippen LogP contribution in [0.2, 0.25) is 0 Å². The number of carbonyl (C=O) groups is 1. The Kier molecular flexibility index (Phi) is 7.43. The Hall–Kier alpha value is -2.20. The van der Waals surface area contributed by atoms with Crippen molar-refractivity contribution in [3.05, 3.63) is 71.8 Å². The Morgan fingerprint density at radius 3 is 2.54 bits per heavy atom. The third-order valence-electron chi connectivity index (χ3n) is 3.39. The minimum atomic E-state index is -0.246. The summed E-state index contributed by atoms with van der Waals surface area (Å²) < 4.78 is 10.5. The zero-order valence-corrected chi connectivity index (χ0v) is 14.8. The largest absolute Gasteiger partial charge is 0.496 e. The molecule has 0 radical (unpaired) electrons. The number of benzene rings is 2. The topological polar surface area (TPSA) is 35.5 Å². The van der Waals surface area contributed by atoms with Gasteiger partial charge in [-0.05, 0) is 11.6 Å². The van der Waals surface area contributed by atoms with E-state index in [9.17, 15) is 4.79 Å². The maximum atomic E-state index is 10.9. The molecular weight excluding hydrogens is 320 g/mol. The van der Waals surface area contributed by atoms with Crippen LogP contribution in [0.4, 0.5) is 0 Å². The molecule has 0 N–H and O–H groups in total. The summed E-state index contributed by atoms with van der Waals surface area (Å²) in [7, 11) is 1.68. The van der Waals surface area contributed by atoms with Gasteiger partial charge < -0.3 is 9.47 Å². The van der Waals surface area contributed by atoms with Gasteiger partial charge in [-0.1, -0.05) is 60.7 Å². The van der Waals surface area contributed by atoms with Crippen LogP contribution in [0.15, 0.2) is 60.7 Å². The first-order valence-corrected chi connectivity index (χ1v) is 8.86. The van der Waals surface area contributed by atoms with E-state index in [4.69, 9.17) is 9.47 Å². The number of carbonyl (C=O) groups excluding carboxylic acids is 1. The molecule has 0 saturated carbocycles. The third kappa shape index (κ3) is 5.78. The highest BCUT2D eigenvalue weighted by molar-refractivity contribution is 7.99. The van der Waals surface area contributed by atoms with Gasteiger partial charge in [0, 0.05) is 18.2 Å². The van der Waals surface area contributed by atoms with Gasteiger partial charge in [0.15, 0.2) is 0 Å². The summed E-state index contributed by atoms with van der Waals surface area (Å²) in [6.07, 6.45) is 4.27. The van der Waals surface area contributed by atoms with Gasteiger partial charge in [-0.25, -0.2) is 0 Å². The molecule has 1 unspecified atom stereocenters. The average Bonchev–Trinajstić information content (AvgIpc) is 2.62. The van der Waals surface area contributed by atoms with Crippen molar-refractivity contribution in [2.45, 2.75) is 12.2 Å². The highest BCUT2D eigenvalue weighted by Gasteiger charge is 2.13. The average molecular weight is 342 g/mol. The lowest BCUT2D eigenvalue weighted by Gasteiger charge is -2.16. The molecule has 4 heteroatoms. The first kappa shape index (κ1) is 18.1. The van der Waals surface area contributed by atoms with Crippen LogP contribution in [0, 0.1) is 0 Å². The highest BCUT2D eigenvalue weighted by Crippen LogP contribution is 2.36. The van der Waals surface area contributed by atoms with Crippen LogP contribution in [-0.4, -0.2) is 25.4 Å². The molecule has 2 aromatic carbocycles. The van der Waals surface area contributed by atoms with E-state index in [2.05, 4.69) is 30.4 Å². The molecule has 0 fully saturated rings. The van der Waals surface area contributed by atoms with Crippen LogP contribution in [0.1, 0.15) is 23.3 Å². The molecule has 0 heterocycles. The fourth-order valence-corrected chi connectivity index (χ4v) is 3.27. The van der Waals surface area contributed by atoms with Crippen molar-refractivity contribution in [1.82, 2.24) is 0 Å². The van der Waals surface area contributed by atoms with E-state index in [1.807, 2.05) is 36.4 Å². The van der Waals surface area contributed by atoms with Gasteiger partial charge in [-0.2, -0.15) is 0 Å².